The highest BCUT2D eigenvalue weighted by Gasteiger charge is 2.62. The van der Waals surface area contributed by atoms with Crippen LogP contribution in [0, 0.1) is 0 Å². The molecule has 1 saturated heterocycles. The van der Waals surface area contributed by atoms with Gasteiger partial charge in [0.15, 0.2) is 5.54 Å². The number of ether oxygens (including phenoxy) is 3. The summed E-state index contributed by atoms with van der Waals surface area (Å²) in [6.07, 6.45) is 2.58. The van der Waals surface area contributed by atoms with Crippen molar-refractivity contribution in [2.75, 3.05) is 20.3 Å². The first-order valence-corrected chi connectivity index (χ1v) is 11.2. The molecule has 1 aromatic carbocycles. The number of nitrogens with one attached hydrogen (secondary N) is 2. The summed E-state index contributed by atoms with van der Waals surface area (Å²) in [7, 11) is 1.63. The van der Waals surface area contributed by atoms with Gasteiger partial charge in [-0.3, -0.25) is 4.79 Å². The molecule has 1 saturated carbocycles. The second-order valence-corrected chi connectivity index (χ2v) is 9.00. The topological polar surface area (TPSA) is 98.8 Å². The lowest BCUT2D eigenvalue weighted by atomic mass is 10.1. The van der Waals surface area contributed by atoms with E-state index >= 15 is 0 Å². The van der Waals surface area contributed by atoms with Crippen LogP contribution in [-0.4, -0.2) is 58.7 Å². The summed E-state index contributed by atoms with van der Waals surface area (Å²) in [5, 5.41) is 7.95. The fourth-order valence-electron chi connectivity index (χ4n) is 3.68. The minimum absolute atomic E-state index is 0.0448. The number of esters is 1. The molecule has 160 valence electrons. The van der Waals surface area contributed by atoms with Gasteiger partial charge in [-0.25, -0.2) is 9.78 Å². The van der Waals surface area contributed by atoms with E-state index in [2.05, 4.69) is 38.2 Å². The van der Waals surface area contributed by atoms with Crippen LogP contribution in [0.4, 0.5) is 0 Å². The van der Waals surface area contributed by atoms with Gasteiger partial charge in [0.1, 0.15) is 11.9 Å². The van der Waals surface area contributed by atoms with Gasteiger partial charge in [0.05, 0.1) is 19.8 Å². The van der Waals surface area contributed by atoms with Gasteiger partial charge in [0.2, 0.25) is 11.8 Å². The minimum Gasteiger partial charge on any atom is -0.497 e. The van der Waals surface area contributed by atoms with Gasteiger partial charge in [-0.05, 0) is 43.0 Å². The Kier molecular flexibility index (Phi) is 6.01. The monoisotopic (exact) mass is 525 g/mol. The molecule has 0 spiro atoms. The number of amides is 1. The number of methoxy groups -OCH3 is 1. The molecule has 30 heavy (non-hydrogen) atoms. The summed E-state index contributed by atoms with van der Waals surface area (Å²) >= 11 is 2.17. The number of benzene rings is 1. The molecule has 1 amide bonds. The Hall–Kier alpha value is -2.14. The normalized spacial score (nSPS) is 27.5. The molecule has 1 aliphatic carbocycles. The summed E-state index contributed by atoms with van der Waals surface area (Å²) in [6, 6.07) is 7.18. The van der Waals surface area contributed by atoms with E-state index in [1.165, 1.54) is 0 Å². The zero-order valence-electron chi connectivity index (χ0n) is 16.8. The highest BCUT2D eigenvalue weighted by molar-refractivity contribution is 14.1. The summed E-state index contributed by atoms with van der Waals surface area (Å²) in [6.45, 7) is 2.57. The number of halogens is 1. The van der Waals surface area contributed by atoms with Crippen LogP contribution in [0.2, 0.25) is 0 Å². The standard InChI is InChI=1S/C21H24IN3O5/c1-3-29-20(27)21(10-17(21)22)25-18(26)16-9-14(11-24-16)30-19-15-5-4-13(28-2)8-12(15)6-7-23-19/h4-8,14,16-17,24H,3,9-11H2,1-2H3,(H,25,26)/t14-,16+,17-,21-/m1/s1. The fraction of sp³-hybridized carbons (Fsp3) is 0.476. The zero-order chi connectivity index (χ0) is 21.3. The van der Waals surface area contributed by atoms with Gasteiger partial charge in [-0.2, -0.15) is 0 Å². The molecular weight excluding hydrogens is 501 g/mol. The third-order valence-electron chi connectivity index (χ3n) is 5.48. The number of carbonyl (C=O) groups excluding carboxylic acids is 2. The average molecular weight is 525 g/mol. The van der Waals surface area contributed by atoms with Crippen LogP contribution in [0.1, 0.15) is 19.8 Å². The quantitative estimate of drug-likeness (QED) is 0.324. The van der Waals surface area contributed by atoms with Crippen LogP contribution in [0.3, 0.4) is 0 Å². The fourth-order valence-corrected chi connectivity index (χ4v) is 4.79. The third-order valence-corrected chi connectivity index (χ3v) is 6.99. The molecule has 2 N–H and O–H groups in total. The lowest BCUT2D eigenvalue weighted by Gasteiger charge is -2.19. The lowest BCUT2D eigenvalue weighted by molar-refractivity contribution is -0.148. The number of nitrogens with zero attached hydrogens (tertiary/aromatic N) is 1. The predicted molar refractivity (Wildman–Crippen MR) is 119 cm³/mol. The first kappa shape index (κ1) is 21.1. The van der Waals surface area contributed by atoms with Crippen LogP contribution in [0.25, 0.3) is 10.8 Å². The maximum Gasteiger partial charge on any atom is 0.332 e. The largest absolute Gasteiger partial charge is 0.497 e. The molecular formula is C21H24IN3O5. The van der Waals surface area contributed by atoms with Gasteiger partial charge >= 0.3 is 5.97 Å². The zero-order valence-corrected chi connectivity index (χ0v) is 19.0. The van der Waals surface area contributed by atoms with Crippen molar-refractivity contribution in [3.05, 3.63) is 30.5 Å². The number of carbonyl (C=O) groups is 2. The summed E-state index contributed by atoms with van der Waals surface area (Å²) in [4.78, 5) is 29.4. The number of hydrogen-bond donors (Lipinski definition) is 2. The Morgan fingerprint density at radius 1 is 1.37 bits per heavy atom. The van der Waals surface area contributed by atoms with E-state index in [0.717, 1.165) is 16.5 Å². The molecule has 2 fully saturated rings. The molecule has 2 heterocycles. The van der Waals surface area contributed by atoms with Gasteiger partial charge in [-0.15, -0.1) is 0 Å². The Morgan fingerprint density at radius 2 is 2.17 bits per heavy atom. The van der Waals surface area contributed by atoms with Crippen molar-refractivity contribution < 1.29 is 23.8 Å². The van der Waals surface area contributed by atoms with Gasteiger partial charge in [-0.1, -0.05) is 22.6 Å². The van der Waals surface area contributed by atoms with E-state index in [4.69, 9.17) is 14.2 Å². The number of pyridine rings is 1. The summed E-state index contributed by atoms with van der Waals surface area (Å²) in [5.74, 6) is 0.728. The molecule has 4 rings (SSSR count). The van der Waals surface area contributed by atoms with Gasteiger partial charge < -0.3 is 24.8 Å². The van der Waals surface area contributed by atoms with Crippen LogP contribution >= 0.6 is 22.6 Å². The van der Waals surface area contributed by atoms with Crippen molar-refractivity contribution in [2.45, 2.75) is 41.4 Å². The molecule has 1 aliphatic heterocycles. The maximum atomic E-state index is 12.8. The maximum absolute atomic E-state index is 12.8. The Balaban J connectivity index is 1.40. The molecule has 0 unspecified atom stereocenters. The van der Waals surface area contributed by atoms with E-state index in [9.17, 15) is 9.59 Å². The Bertz CT molecular complexity index is 971. The molecule has 0 bridgehead atoms. The van der Waals surface area contributed by atoms with Gasteiger partial charge in [0, 0.05) is 28.5 Å². The minimum atomic E-state index is -0.898. The molecule has 2 aliphatic rings. The van der Waals surface area contributed by atoms with E-state index < -0.39 is 11.6 Å². The molecule has 4 atom stereocenters. The van der Waals surface area contributed by atoms with Crippen molar-refractivity contribution in [3.8, 4) is 11.6 Å². The number of hydrogen-bond acceptors (Lipinski definition) is 7. The smallest absolute Gasteiger partial charge is 0.332 e. The van der Waals surface area contributed by atoms with Crippen molar-refractivity contribution in [1.29, 1.82) is 0 Å². The van der Waals surface area contributed by atoms with Crippen molar-refractivity contribution in [3.63, 3.8) is 0 Å². The second kappa shape index (κ2) is 8.54. The van der Waals surface area contributed by atoms with E-state index in [1.807, 2.05) is 24.3 Å². The lowest BCUT2D eigenvalue weighted by Crippen LogP contribution is -2.51. The Labute approximate surface area is 188 Å². The van der Waals surface area contributed by atoms with E-state index in [0.29, 0.717) is 31.9 Å². The van der Waals surface area contributed by atoms with Crippen LogP contribution in [0.5, 0.6) is 11.6 Å². The van der Waals surface area contributed by atoms with Crippen molar-refractivity contribution in [2.24, 2.45) is 0 Å². The number of rotatable bonds is 7. The number of fused-ring (bicyclic) bond motifs is 1. The van der Waals surface area contributed by atoms with E-state index in [-0.39, 0.29) is 21.9 Å². The SMILES string of the molecule is CCOC(=O)[C@@]1(NC(=O)[C@@H]2C[C@@H](Oc3nccc4cc(OC)ccc34)CN2)C[C@H]1I. The second-order valence-electron chi connectivity index (χ2n) is 7.49. The average Bonchev–Trinajstić information content (AvgIpc) is 3.17. The highest BCUT2D eigenvalue weighted by Crippen LogP contribution is 2.44. The molecule has 1 aromatic heterocycles. The summed E-state index contributed by atoms with van der Waals surface area (Å²) in [5.41, 5.74) is -0.898. The first-order valence-electron chi connectivity index (χ1n) is 9.93. The molecule has 8 nitrogen and oxygen atoms in total. The Morgan fingerprint density at radius 3 is 2.87 bits per heavy atom. The van der Waals surface area contributed by atoms with Crippen LogP contribution in [0.15, 0.2) is 30.5 Å². The van der Waals surface area contributed by atoms with E-state index in [1.54, 1.807) is 20.2 Å². The third kappa shape index (κ3) is 4.04. The number of aromatic nitrogens is 1. The van der Waals surface area contributed by atoms with Crippen LogP contribution < -0.4 is 20.1 Å². The van der Waals surface area contributed by atoms with Gasteiger partial charge in [0.25, 0.3) is 0 Å². The number of alkyl halides is 1. The molecule has 2 aromatic rings. The summed E-state index contributed by atoms with van der Waals surface area (Å²) < 4.78 is 16.6. The predicted octanol–water partition coefficient (Wildman–Crippen LogP) is 1.98. The van der Waals surface area contributed by atoms with Crippen molar-refractivity contribution in [1.82, 2.24) is 15.6 Å². The molecule has 9 heteroatoms. The van der Waals surface area contributed by atoms with Crippen molar-refractivity contribution >= 4 is 45.2 Å². The molecule has 0 radical (unpaired) electrons. The first-order chi connectivity index (χ1) is 14.5. The van der Waals surface area contributed by atoms with Crippen LogP contribution in [-0.2, 0) is 14.3 Å². The highest BCUT2D eigenvalue weighted by atomic mass is 127.